The largest absolute Gasteiger partial charge is 0.503 e. The molecule has 4 rings (SSSR count). The van der Waals surface area contributed by atoms with Gasteiger partial charge in [0.05, 0.1) is 11.6 Å². The molecule has 3 aromatic carbocycles. The van der Waals surface area contributed by atoms with E-state index in [1.165, 1.54) is 4.90 Å². The van der Waals surface area contributed by atoms with Crippen LogP contribution in [0.15, 0.2) is 101 Å². The van der Waals surface area contributed by atoms with Crippen molar-refractivity contribution in [2.75, 3.05) is 4.90 Å². The second kappa shape index (κ2) is 8.67. The van der Waals surface area contributed by atoms with E-state index < -0.39 is 17.7 Å². The van der Waals surface area contributed by atoms with Gasteiger partial charge in [-0.15, -0.1) is 0 Å². The van der Waals surface area contributed by atoms with Gasteiger partial charge in [-0.1, -0.05) is 76.6 Å². The zero-order chi connectivity index (χ0) is 21.1. The second-order valence-corrected chi connectivity index (χ2v) is 8.05. The molecule has 1 heterocycles. The van der Waals surface area contributed by atoms with Crippen LogP contribution in [0.4, 0.5) is 5.69 Å². The topological polar surface area (TPSA) is 57.6 Å². The fourth-order valence-electron chi connectivity index (χ4n) is 3.74. The van der Waals surface area contributed by atoms with E-state index in [-0.39, 0.29) is 17.8 Å². The number of hydrogen-bond acceptors (Lipinski definition) is 3. The summed E-state index contributed by atoms with van der Waals surface area (Å²) in [5.41, 5.74) is 2.59. The first-order chi connectivity index (χ1) is 14.6. The predicted octanol–water partition coefficient (Wildman–Crippen LogP) is 5.55. The summed E-state index contributed by atoms with van der Waals surface area (Å²) in [6.07, 6.45) is 0.759. The average Bonchev–Trinajstić information content (AvgIpc) is 3.04. The molecule has 1 unspecified atom stereocenters. The van der Waals surface area contributed by atoms with Crippen LogP contribution in [-0.2, 0) is 16.0 Å². The van der Waals surface area contributed by atoms with Crippen molar-refractivity contribution < 1.29 is 14.7 Å². The molecular weight excluding hydrogens is 442 g/mol. The summed E-state index contributed by atoms with van der Waals surface area (Å²) in [5, 5.41) is 10.7. The second-order valence-electron chi connectivity index (χ2n) is 7.14. The summed E-state index contributed by atoms with van der Waals surface area (Å²) in [7, 11) is 0. The summed E-state index contributed by atoms with van der Waals surface area (Å²) in [6, 6.07) is 25.6. The Balaban J connectivity index is 1.71. The normalized spacial score (nSPS) is 16.2. The maximum atomic E-state index is 13.2. The first kappa shape index (κ1) is 20.1. The highest BCUT2D eigenvalue weighted by molar-refractivity contribution is 9.10. The highest BCUT2D eigenvalue weighted by Crippen LogP contribution is 2.41. The molecular formula is C25H20BrNO3. The molecule has 0 bridgehead atoms. The smallest absolute Gasteiger partial charge is 0.294 e. The van der Waals surface area contributed by atoms with Crippen LogP contribution in [0.3, 0.4) is 0 Å². The van der Waals surface area contributed by atoms with Crippen molar-refractivity contribution in [1.29, 1.82) is 0 Å². The molecule has 150 valence electrons. The van der Waals surface area contributed by atoms with Gasteiger partial charge in [-0.3, -0.25) is 14.5 Å². The minimum atomic E-state index is -0.670. The van der Waals surface area contributed by atoms with E-state index in [2.05, 4.69) is 15.9 Å². The maximum absolute atomic E-state index is 13.2. The fourth-order valence-corrected chi connectivity index (χ4v) is 4.01. The molecule has 0 spiro atoms. The standard InChI is InChI=1S/C25H20BrNO3/c26-19-14-12-18(13-15-19)23-22(21(28)16-11-17-7-3-1-4-8-17)24(29)25(30)27(23)20-9-5-2-6-10-20/h1-10,12-15,23,29H,11,16H2. The number of aliphatic hydroxyl groups is 1. The fraction of sp³-hybridized carbons (Fsp3) is 0.120. The molecule has 1 atom stereocenters. The van der Waals surface area contributed by atoms with Gasteiger partial charge in [-0.2, -0.15) is 0 Å². The van der Waals surface area contributed by atoms with Gasteiger partial charge < -0.3 is 5.11 Å². The molecule has 0 radical (unpaired) electrons. The molecule has 1 amide bonds. The lowest BCUT2D eigenvalue weighted by Gasteiger charge is -2.27. The van der Waals surface area contributed by atoms with Gasteiger partial charge in [0, 0.05) is 16.6 Å². The van der Waals surface area contributed by atoms with Crippen molar-refractivity contribution in [2.45, 2.75) is 18.9 Å². The summed E-state index contributed by atoms with van der Waals surface area (Å²) in [5.74, 6) is -1.25. The van der Waals surface area contributed by atoms with Crippen LogP contribution in [0.5, 0.6) is 0 Å². The molecule has 3 aromatic rings. The molecule has 4 nitrogen and oxygen atoms in total. The quantitative estimate of drug-likeness (QED) is 0.523. The summed E-state index contributed by atoms with van der Waals surface area (Å²) in [4.78, 5) is 27.7. The van der Waals surface area contributed by atoms with Gasteiger partial charge in [-0.05, 0) is 41.8 Å². The molecule has 0 aliphatic carbocycles. The monoisotopic (exact) mass is 461 g/mol. The Morgan fingerprint density at radius 2 is 1.50 bits per heavy atom. The van der Waals surface area contributed by atoms with Crippen LogP contribution in [0.2, 0.25) is 0 Å². The van der Waals surface area contributed by atoms with Crippen LogP contribution >= 0.6 is 15.9 Å². The Morgan fingerprint density at radius 3 is 2.13 bits per heavy atom. The number of rotatable bonds is 6. The lowest BCUT2D eigenvalue weighted by molar-refractivity contribution is -0.118. The number of amides is 1. The van der Waals surface area contributed by atoms with E-state index in [4.69, 9.17) is 0 Å². The molecule has 30 heavy (non-hydrogen) atoms. The minimum absolute atomic E-state index is 0.155. The van der Waals surface area contributed by atoms with Crippen LogP contribution in [0.1, 0.15) is 23.6 Å². The van der Waals surface area contributed by atoms with E-state index in [1.807, 2.05) is 72.8 Å². The highest BCUT2D eigenvalue weighted by atomic mass is 79.9. The summed E-state index contributed by atoms with van der Waals surface area (Å²) >= 11 is 3.42. The zero-order valence-electron chi connectivity index (χ0n) is 16.2. The van der Waals surface area contributed by atoms with Crippen molar-refractivity contribution in [3.63, 3.8) is 0 Å². The Labute approximate surface area is 183 Å². The zero-order valence-corrected chi connectivity index (χ0v) is 17.7. The van der Waals surface area contributed by atoms with Crippen LogP contribution in [-0.4, -0.2) is 16.8 Å². The molecule has 1 aliphatic heterocycles. The molecule has 1 aliphatic rings. The van der Waals surface area contributed by atoms with E-state index in [0.29, 0.717) is 12.1 Å². The SMILES string of the molecule is O=C(CCc1ccccc1)C1=C(O)C(=O)N(c2ccccc2)C1c1ccc(Br)cc1. The summed E-state index contributed by atoms with van der Waals surface area (Å²) < 4.78 is 0.895. The van der Waals surface area contributed by atoms with E-state index in [9.17, 15) is 14.7 Å². The van der Waals surface area contributed by atoms with E-state index in [0.717, 1.165) is 15.6 Å². The number of ketones is 1. The number of halogens is 1. The number of aliphatic hydroxyl groups excluding tert-OH is 1. The first-order valence-electron chi connectivity index (χ1n) is 9.70. The van der Waals surface area contributed by atoms with Gasteiger partial charge in [0.2, 0.25) is 0 Å². The van der Waals surface area contributed by atoms with Crippen molar-refractivity contribution in [2.24, 2.45) is 0 Å². The molecule has 1 N–H and O–H groups in total. The molecule has 0 saturated heterocycles. The van der Waals surface area contributed by atoms with Crippen LogP contribution in [0.25, 0.3) is 0 Å². The van der Waals surface area contributed by atoms with E-state index >= 15 is 0 Å². The number of benzene rings is 3. The average molecular weight is 462 g/mol. The Hall–Kier alpha value is -3.18. The van der Waals surface area contributed by atoms with Crippen molar-refractivity contribution >= 4 is 33.3 Å². The predicted molar refractivity (Wildman–Crippen MR) is 120 cm³/mol. The number of carbonyl (C=O) groups is 2. The highest BCUT2D eigenvalue weighted by Gasteiger charge is 2.43. The Kier molecular flexibility index (Phi) is 5.81. The molecule has 0 saturated carbocycles. The van der Waals surface area contributed by atoms with Crippen molar-refractivity contribution in [3.05, 3.63) is 112 Å². The number of anilines is 1. The van der Waals surface area contributed by atoms with Crippen molar-refractivity contribution in [1.82, 2.24) is 0 Å². The summed E-state index contributed by atoms with van der Waals surface area (Å²) in [6.45, 7) is 0. The Morgan fingerprint density at radius 1 is 0.900 bits per heavy atom. The first-order valence-corrected chi connectivity index (χ1v) is 10.5. The van der Waals surface area contributed by atoms with Crippen molar-refractivity contribution in [3.8, 4) is 0 Å². The third-order valence-electron chi connectivity index (χ3n) is 5.21. The Bertz CT molecular complexity index is 1090. The third-order valence-corrected chi connectivity index (χ3v) is 5.74. The maximum Gasteiger partial charge on any atom is 0.294 e. The van der Waals surface area contributed by atoms with Gasteiger partial charge in [0.1, 0.15) is 0 Å². The number of nitrogens with zero attached hydrogens (tertiary/aromatic N) is 1. The number of para-hydroxylation sites is 1. The van der Waals surface area contributed by atoms with Gasteiger partial charge in [0.25, 0.3) is 5.91 Å². The molecule has 5 heteroatoms. The molecule has 0 aromatic heterocycles. The van der Waals surface area contributed by atoms with Gasteiger partial charge in [0.15, 0.2) is 11.5 Å². The van der Waals surface area contributed by atoms with Gasteiger partial charge >= 0.3 is 0 Å². The van der Waals surface area contributed by atoms with Crippen LogP contribution < -0.4 is 4.90 Å². The third kappa shape index (κ3) is 3.94. The van der Waals surface area contributed by atoms with Gasteiger partial charge in [-0.25, -0.2) is 0 Å². The number of Topliss-reactive ketones (excluding diaryl/α,β-unsaturated/α-hetero) is 1. The van der Waals surface area contributed by atoms with Crippen LogP contribution in [0, 0.1) is 0 Å². The number of carbonyl (C=O) groups excluding carboxylic acids is 2. The number of aryl methyl sites for hydroxylation is 1. The molecule has 0 fully saturated rings. The lowest BCUT2D eigenvalue weighted by atomic mass is 9.93. The van der Waals surface area contributed by atoms with E-state index in [1.54, 1.807) is 12.1 Å². The number of hydrogen-bond donors (Lipinski definition) is 1. The minimum Gasteiger partial charge on any atom is -0.503 e. The lowest BCUT2D eigenvalue weighted by Crippen LogP contribution is -2.31.